The Balaban J connectivity index is 1.45. The molecule has 150 valence electrons. The molecule has 0 unspecified atom stereocenters. The van der Waals surface area contributed by atoms with Gasteiger partial charge in [0.1, 0.15) is 5.82 Å². The molecule has 0 saturated carbocycles. The Morgan fingerprint density at radius 3 is 2.46 bits per heavy atom. The van der Waals surface area contributed by atoms with Gasteiger partial charge in [-0.2, -0.15) is 0 Å². The third kappa shape index (κ3) is 5.98. The summed E-state index contributed by atoms with van der Waals surface area (Å²) in [5.74, 6) is 1.98. The standard InChI is InChI=1S/C23H33N5/c1-23(2,17-19-9-5-4-6-10-19)18-26-22(24-3)27-20-12-15-28(16-13-20)21-11-7-8-14-25-21/h4-11,14,20H,12-13,15-18H2,1-3H3,(H2,24,26,27). The van der Waals surface area contributed by atoms with Gasteiger partial charge in [-0.25, -0.2) is 4.98 Å². The first-order valence-corrected chi connectivity index (χ1v) is 10.2. The molecule has 1 fully saturated rings. The number of guanidine groups is 1. The normalized spacial score (nSPS) is 16.1. The summed E-state index contributed by atoms with van der Waals surface area (Å²) in [6.07, 6.45) is 5.08. The molecule has 0 bridgehead atoms. The van der Waals surface area contributed by atoms with E-state index in [-0.39, 0.29) is 5.41 Å². The molecule has 5 nitrogen and oxygen atoms in total. The molecule has 0 amide bonds. The van der Waals surface area contributed by atoms with E-state index in [4.69, 9.17) is 0 Å². The molecule has 1 aliphatic heterocycles. The molecule has 0 radical (unpaired) electrons. The minimum atomic E-state index is 0.154. The Hall–Kier alpha value is -2.56. The highest BCUT2D eigenvalue weighted by atomic mass is 15.2. The summed E-state index contributed by atoms with van der Waals surface area (Å²) in [6, 6.07) is 17.2. The van der Waals surface area contributed by atoms with Crippen molar-refractivity contribution >= 4 is 11.8 Å². The summed E-state index contributed by atoms with van der Waals surface area (Å²) in [6.45, 7) is 7.52. The van der Waals surface area contributed by atoms with Crippen LogP contribution in [0.3, 0.4) is 0 Å². The van der Waals surface area contributed by atoms with Crippen molar-refractivity contribution in [2.45, 2.75) is 39.2 Å². The van der Waals surface area contributed by atoms with Crippen molar-refractivity contribution < 1.29 is 0 Å². The van der Waals surface area contributed by atoms with Crippen molar-refractivity contribution in [1.82, 2.24) is 15.6 Å². The molecule has 0 spiro atoms. The lowest BCUT2D eigenvalue weighted by molar-refractivity contribution is 0.356. The molecule has 28 heavy (non-hydrogen) atoms. The van der Waals surface area contributed by atoms with Crippen molar-refractivity contribution in [3.8, 4) is 0 Å². The fourth-order valence-electron chi connectivity index (χ4n) is 3.72. The molecule has 2 aromatic rings. The molecule has 0 aliphatic carbocycles. The second-order valence-electron chi connectivity index (χ2n) is 8.35. The minimum absolute atomic E-state index is 0.154. The maximum Gasteiger partial charge on any atom is 0.191 e. The Labute approximate surface area is 169 Å². The van der Waals surface area contributed by atoms with Gasteiger partial charge in [0.25, 0.3) is 0 Å². The van der Waals surface area contributed by atoms with Gasteiger partial charge in [0.15, 0.2) is 5.96 Å². The number of benzene rings is 1. The quantitative estimate of drug-likeness (QED) is 0.596. The van der Waals surface area contributed by atoms with E-state index >= 15 is 0 Å². The Kier molecular flexibility index (Phi) is 6.90. The van der Waals surface area contributed by atoms with Crippen LogP contribution in [-0.2, 0) is 6.42 Å². The zero-order chi connectivity index (χ0) is 19.8. The minimum Gasteiger partial charge on any atom is -0.356 e. The highest BCUT2D eigenvalue weighted by molar-refractivity contribution is 5.80. The first-order valence-electron chi connectivity index (χ1n) is 10.2. The van der Waals surface area contributed by atoms with Gasteiger partial charge in [-0.05, 0) is 42.4 Å². The SMILES string of the molecule is CN=C(NCC(C)(C)Cc1ccccc1)NC1CCN(c2ccccn2)CC1. The summed E-state index contributed by atoms with van der Waals surface area (Å²) in [4.78, 5) is 11.3. The van der Waals surface area contributed by atoms with Gasteiger partial charge >= 0.3 is 0 Å². The third-order valence-electron chi connectivity index (χ3n) is 5.29. The number of pyridine rings is 1. The molecule has 5 heteroatoms. The average molecular weight is 380 g/mol. The molecule has 3 rings (SSSR count). The second-order valence-corrected chi connectivity index (χ2v) is 8.35. The Morgan fingerprint density at radius 1 is 1.11 bits per heavy atom. The number of piperidine rings is 1. The fraction of sp³-hybridized carbons (Fsp3) is 0.478. The number of hydrogen-bond donors (Lipinski definition) is 2. The second kappa shape index (κ2) is 9.58. The van der Waals surface area contributed by atoms with Crippen LogP contribution in [0.4, 0.5) is 5.82 Å². The fourth-order valence-corrected chi connectivity index (χ4v) is 3.72. The largest absolute Gasteiger partial charge is 0.356 e. The van der Waals surface area contributed by atoms with Gasteiger partial charge < -0.3 is 15.5 Å². The lowest BCUT2D eigenvalue weighted by Crippen LogP contribution is -2.50. The number of aromatic nitrogens is 1. The predicted octanol–water partition coefficient (Wildman–Crippen LogP) is 3.48. The van der Waals surface area contributed by atoms with Crippen molar-refractivity contribution in [2.75, 3.05) is 31.6 Å². The van der Waals surface area contributed by atoms with Gasteiger partial charge in [-0.15, -0.1) is 0 Å². The molecule has 0 atom stereocenters. The monoisotopic (exact) mass is 379 g/mol. The van der Waals surface area contributed by atoms with Crippen LogP contribution in [0.1, 0.15) is 32.3 Å². The van der Waals surface area contributed by atoms with Crippen molar-refractivity contribution in [1.29, 1.82) is 0 Å². The van der Waals surface area contributed by atoms with Crippen LogP contribution in [0.25, 0.3) is 0 Å². The van der Waals surface area contributed by atoms with Crippen LogP contribution in [0.2, 0.25) is 0 Å². The van der Waals surface area contributed by atoms with E-state index < -0.39 is 0 Å². The van der Waals surface area contributed by atoms with Crippen molar-refractivity contribution in [3.63, 3.8) is 0 Å². The van der Waals surface area contributed by atoms with Crippen molar-refractivity contribution in [2.24, 2.45) is 10.4 Å². The first kappa shape index (κ1) is 20.2. The third-order valence-corrected chi connectivity index (χ3v) is 5.29. The molecular formula is C23H33N5. The summed E-state index contributed by atoms with van der Waals surface area (Å²) >= 11 is 0. The van der Waals surface area contributed by atoms with Crippen molar-refractivity contribution in [3.05, 3.63) is 60.3 Å². The Morgan fingerprint density at radius 2 is 1.82 bits per heavy atom. The highest BCUT2D eigenvalue weighted by Crippen LogP contribution is 2.21. The van der Waals surface area contributed by atoms with E-state index in [1.165, 1.54) is 5.56 Å². The first-order chi connectivity index (χ1) is 13.6. The maximum atomic E-state index is 4.46. The van der Waals surface area contributed by atoms with E-state index in [9.17, 15) is 0 Å². The lowest BCUT2D eigenvalue weighted by Gasteiger charge is -2.34. The molecule has 1 aromatic carbocycles. The summed E-state index contributed by atoms with van der Waals surface area (Å²) in [5.41, 5.74) is 1.53. The average Bonchev–Trinajstić information content (AvgIpc) is 2.72. The number of hydrogen-bond acceptors (Lipinski definition) is 3. The Bertz CT molecular complexity index is 734. The van der Waals surface area contributed by atoms with E-state index in [0.717, 1.165) is 50.7 Å². The van der Waals surface area contributed by atoms with Gasteiger partial charge in [-0.1, -0.05) is 50.2 Å². The van der Waals surface area contributed by atoms with E-state index in [1.807, 2.05) is 19.3 Å². The molecule has 1 aliphatic rings. The van der Waals surface area contributed by atoms with Gasteiger partial charge in [-0.3, -0.25) is 4.99 Å². The van der Waals surface area contributed by atoms with Gasteiger partial charge in [0, 0.05) is 38.9 Å². The van der Waals surface area contributed by atoms with Crippen LogP contribution in [-0.4, -0.2) is 43.7 Å². The van der Waals surface area contributed by atoms with Crippen LogP contribution in [0, 0.1) is 5.41 Å². The molecule has 1 saturated heterocycles. The maximum absolute atomic E-state index is 4.46. The number of anilines is 1. The van der Waals surface area contributed by atoms with E-state index in [0.29, 0.717) is 6.04 Å². The highest BCUT2D eigenvalue weighted by Gasteiger charge is 2.22. The molecular weight excluding hydrogens is 346 g/mol. The molecule has 2 heterocycles. The topological polar surface area (TPSA) is 52.6 Å². The lowest BCUT2D eigenvalue weighted by atomic mass is 9.86. The van der Waals surface area contributed by atoms with Gasteiger partial charge in [0.2, 0.25) is 0 Å². The van der Waals surface area contributed by atoms with Gasteiger partial charge in [0.05, 0.1) is 0 Å². The summed E-state index contributed by atoms with van der Waals surface area (Å²) in [5, 5.41) is 7.14. The zero-order valence-corrected chi connectivity index (χ0v) is 17.4. The van der Waals surface area contributed by atoms with Crippen LogP contribution in [0.5, 0.6) is 0 Å². The van der Waals surface area contributed by atoms with Crippen LogP contribution >= 0.6 is 0 Å². The van der Waals surface area contributed by atoms with Crippen LogP contribution < -0.4 is 15.5 Å². The predicted molar refractivity (Wildman–Crippen MR) is 118 cm³/mol. The summed E-state index contributed by atoms with van der Waals surface area (Å²) in [7, 11) is 1.85. The van der Waals surface area contributed by atoms with E-state index in [2.05, 4.69) is 81.8 Å². The van der Waals surface area contributed by atoms with Crippen LogP contribution in [0.15, 0.2) is 59.7 Å². The number of nitrogens with one attached hydrogen (secondary N) is 2. The molecule has 1 aromatic heterocycles. The number of aliphatic imine (C=N–C) groups is 1. The number of rotatable bonds is 6. The zero-order valence-electron chi connectivity index (χ0n) is 17.4. The number of nitrogens with zero attached hydrogens (tertiary/aromatic N) is 3. The summed E-state index contributed by atoms with van der Waals surface area (Å²) < 4.78 is 0. The smallest absolute Gasteiger partial charge is 0.191 e. The van der Waals surface area contributed by atoms with E-state index in [1.54, 1.807) is 0 Å². The molecule has 2 N–H and O–H groups in total.